The molecule has 3 rings (SSSR count). The second-order valence-electron chi connectivity index (χ2n) is 5.30. The number of nitrogens with one attached hydrogen (secondary N) is 2. The summed E-state index contributed by atoms with van der Waals surface area (Å²) in [6.07, 6.45) is 4.55. The van der Waals surface area contributed by atoms with Crippen LogP contribution in [0.15, 0.2) is 24.4 Å². The average molecular weight is 285 g/mol. The Kier molecular flexibility index (Phi) is 3.90. The van der Waals surface area contributed by atoms with Crippen LogP contribution in [0.4, 0.5) is 0 Å². The predicted octanol–water partition coefficient (Wildman–Crippen LogP) is 2.02. The van der Waals surface area contributed by atoms with Crippen molar-refractivity contribution in [2.75, 3.05) is 13.2 Å². The summed E-state index contributed by atoms with van der Waals surface area (Å²) in [5.74, 6) is 0.885. The lowest BCUT2D eigenvalue weighted by Crippen LogP contribution is -2.24. The molecule has 1 amide bonds. The molecule has 1 aliphatic heterocycles. The predicted molar refractivity (Wildman–Crippen MR) is 79.6 cm³/mol. The molecule has 0 bridgehead atoms. The molecule has 0 spiro atoms. The van der Waals surface area contributed by atoms with Gasteiger partial charge >= 0.3 is 0 Å². The maximum Gasteiger partial charge on any atom is 0.251 e. The molecule has 1 aromatic carbocycles. The number of carbonyl (C=O) groups excluding carboxylic acids is 1. The van der Waals surface area contributed by atoms with Gasteiger partial charge in [0.1, 0.15) is 5.75 Å². The van der Waals surface area contributed by atoms with E-state index in [2.05, 4.69) is 15.5 Å². The zero-order chi connectivity index (χ0) is 14.7. The molecule has 0 atom stereocenters. The van der Waals surface area contributed by atoms with E-state index in [9.17, 15) is 4.79 Å². The molecule has 2 aromatic rings. The summed E-state index contributed by atoms with van der Waals surface area (Å²) < 4.78 is 5.44. The van der Waals surface area contributed by atoms with Crippen molar-refractivity contribution >= 4 is 5.91 Å². The summed E-state index contributed by atoms with van der Waals surface area (Å²) in [6, 6.07) is 5.63. The van der Waals surface area contributed by atoms with Gasteiger partial charge in [0.15, 0.2) is 0 Å². The maximum atomic E-state index is 12.1. The lowest BCUT2D eigenvalue weighted by atomic mass is 10.1. The topological polar surface area (TPSA) is 67.0 Å². The molecule has 5 nitrogen and oxygen atoms in total. The Morgan fingerprint density at radius 2 is 2.38 bits per heavy atom. The SMILES string of the molecule is Cc1[nH]ncc1CCCNC(=O)c1ccc2c(c1)CCO2. The van der Waals surface area contributed by atoms with E-state index in [-0.39, 0.29) is 5.91 Å². The van der Waals surface area contributed by atoms with E-state index in [1.807, 2.05) is 31.3 Å². The van der Waals surface area contributed by atoms with E-state index in [1.165, 1.54) is 5.56 Å². The highest BCUT2D eigenvalue weighted by Gasteiger charge is 2.14. The number of hydrogen-bond acceptors (Lipinski definition) is 3. The van der Waals surface area contributed by atoms with Gasteiger partial charge in [-0.3, -0.25) is 9.89 Å². The van der Waals surface area contributed by atoms with Gasteiger partial charge in [0.2, 0.25) is 0 Å². The van der Waals surface area contributed by atoms with Crippen molar-refractivity contribution in [1.82, 2.24) is 15.5 Å². The summed E-state index contributed by atoms with van der Waals surface area (Å²) in [5.41, 5.74) is 4.13. The number of nitrogens with zero attached hydrogens (tertiary/aromatic N) is 1. The number of carbonyl (C=O) groups is 1. The molecule has 2 heterocycles. The Labute approximate surface area is 123 Å². The van der Waals surface area contributed by atoms with Crippen LogP contribution in [-0.2, 0) is 12.8 Å². The third kappa shape index (κ3) is 3.07. The molecule has 5 heteroatoms. The third-order valence-electron chi connectivity index (χ3n) is 3.79. The van der Waals surface area contributed by atoms with Crippen LogP contribution in [0.25, 0.3) is 0 Å². The van der Waals surface area contributed by atoms with Crippen molar-refractivity contribution in [1.29, 1.82) is 0 Å². The van der Waals surface area contributed by atoms with E-state index in [0.717, 1.165) is 36.3 Å². The number of aromatic nitrogens is 2. The van der Waals surface area contributed by atoms with E-state index >= 15 is 0 Å². The lowest BCUT2D eigenvalue weighted by Gasteiger charge is -2.06. The van der Waals surface area contributed by atoms with Crippen LogP contribution in [0.3, 0.4) is 0 Å². The first-order chi connectivity index (χ1) is 10.2. The molecular weight excluding hydrogens is 266 g/mol. The first kappa shape index (κ1) is 13.7. The van der Waals surface area contributed by atoms with Gasteiger partial charge in [-0.15, -0.1) is 0 Å². The molecule has 0 fully saturated rings. The fourth-order valence-corrected chi connectivity index (χ4v) is 2.54. The average Bonchev–Trinajstić information content (AvgIpc) is 3.11. The van der Waals surface area contributed by atoms with Crippen molar-refractivity contribution in [2.45, 2.75) is 26.2 Å². The summed E-state index contributed by atoms with van der Waals surface area (Å²) in [5, 5.41) is 9.87. The van der Waals surface area contributed by atoms with Gasteiger partial charge in [-0.25, -0.2) is 0 Å². The minimum atomic E-state index is -0.0198. The number of aryl methyl sites for hydroxylation is 2. The van der Waals surface area contributed by atoms with Crippen LogP contribution >= 0.6 is 0 Å². The van der Waals surface area contributed by atoms with E-state index in [4.69, 9.17) is 4.74 Å². The normalized spacial score (nSPS) is 12.8. The highest BCUT2D eigenvalue weighted by molar-refractivity contribution is 5.94. The van der Waals surface area contributed by atoms with Crippen LogP contribution < -0.4 is 10.1 Å². The number of hydrogen-bond donors (Lipinski definition) is 2. The molecule has 110 valence electrons. The van der Waals surface area contributed by atoms with E-state index < -0.39 is 0 Å². The molecule has 0 saturated carbocycles. The zero-order valence-electron chi connectivity index (χ0n) is 12.1. The minimum absolute atomic E-state index is 0.0198. The first-order valence-corrected chi connectivity index (χ1v) is 7.27. The Morgan fingerprint density at radius 3 is 3.19 bits per heavy atom. The Morgan fingerprint density at radius 1 is 1.48 bits per heavy atom. The molecule has 0 saturated heterocycles. The maximum absolute atomic E-state index is 12.1. The van der Waals surface area contributed by atoms with Crippen LogP contribution in [0.5, 0.6) is 5.75 Å². The van der Waals surface area contributed by atoms with Crippen molar-refractivity contribution < 1.29 is 9.53 Å². The number of amides is 1. The highest BCUT2D eigenvalue weighted by atomic mass is 16.5. The molecule has 0 unspecified atom stereocenters. The fourth-order valence-electron chi connectivity index (χ4n) is 2.54. The molecule has 2 N–H and O–H groups in total. The molecule has 1 aliphatic rings. The number of aromatic amines is 1. The van der Waals surface area contributed by atoms with Crippen LogP contribution in [0.2, 0.25) is 0 Å². The van der Waals surface area contributed by atoms with Gasteiger partial charge in [-0.2, -0.15) is 5.10 Å². The van der Waals surface area contributed by atoms with Crippen molar-refractivity contribution in [3.8, 4) is 5.75 Å². The van der Waals surface area contributed by atoms with Gasteiger partial charge in [0, 0.05) is 24.2 Å². The number of benzene rings is 1. The Hall–Kier alpha value is -2.30. The molecule has 0 aliphatic carbocycles. The Bertz CT molecular complexity index is 649. The molecule has 21 heavy (non-hydrogen) atoms. The smallest absolute Gasteiger partial charge is 0.251 e. The summed E-state index contributed by atoms with van der Waals surface area (Å²) in [4.78, 5) is 12.1. The van der Waals surface area contributed by atoms with Crippen LogP contribution in [0.1, 0.15) is 33.6 Å². The summed E-state index contributed by atoms with van der Waals surface area (Å²) in [7, 11) is 0. The van der Waals surface area contributed by atoms with E-state index in [0.29, 0.717) is 18.7 Å². The standard InChI is InChI=1S/C16H19N3O2/c1-11-14(10-18-19-11)3-2-7-17-16(20)13-4-5-15-12(9-13)6-8-21-15/h4-5,9-10H,2-3,6-8H2,1H3,(H,17,20)(H,18,19). The van der Waals surface area contributed by atoms with Crippen molar-refractivity contribution in [3.63, 3.8) is 0 Å². The van der Waals surface area contributed by atoms with Gasteiger partial charge in [0.25, 0.3) is 5.91 Å². The first-order valence-electron chi connectivity index (χ1n) is 7.27. The summed E-state index contributed by atoms with van der Waals surface area (Å²) >= 11 is 0. The number of fused-ring (bicyclic) bond motifs is 1. The van der Waals surface area contributed by atoms with Gasteiger partial charge < -0.3 is 10.1 Å². The quantitative estimate of drug-likeness (QED) is 0.826. The van der Waals surface area contributed by atoms with Gasteiger partial charge in [-0.1, -0.05) is 0 Å². The van der Waals surface area contributed by atoms with Crippen LogP contribution in [0, 0.1) is 6.92 Å². The fraction of sp³-hybridized carbons (Fsp3) is 0.375. The van der Waals surface area contributed by atoms with Gasteiger partial charge in [-0.05, 0) is 49.1 Å². The number of ether oxygens (including phenoxy) is 1. The third-order valence-corrected chi connectivity index (χ3v) is 3.79. The largest absolute Gasteiger partial charge is 0.493 e. The Balaban J connectivity index is 1.49. The molecule has 1 aromatic heterocycles. The number of H-pyrrole nitrogens is 1. The lowest BCUT2D eigenvalue weighted by molar-refractivity contribution is 0.0953. The van der Waals surface area contributed by atoms with Crippen molar-refractivity contribution in [3.05, 3.63) is 46.8 Å². The van der Waals surface area contributed by atoms with Gasteiger partial charge in [0.05, 0.1) is 12.8 Å². The molecular formula is C16H19N3O2. The minimum Gasteiger partial charge on any atom is -0.493 e. The monoisotopic (exact) mass is 285 g/mol. The number of rotatable bonds is 5. The second-order valence-corrected chi connectivity index (χ2v) is 5.30. The second kappa shape index (κ2) is 5.99. The van der Waals surface area contributed by atoms with Crippen molar-refractivity contribution in [2.24, 2.45) is 0 Å². The zero-order valence-corrected chi connectivity index (χ0v) is 12.1. The molecule has 0 radical (unpaired) electrons. The van der Waals surface area contributed by atoms with E-state index in [1.54, 1.807) is 0 Å². The summed E-state index contributed by atoms with van der Waals surface area (Å²) in [6.45, 7) is 3.38. The van der Waals surface area contributed by atoms with Crippen LogP contribution in [-0.4, -0.2) is 29.3 Å². The highest BCUT2D eigenvalue weighted by Crippen LogP contribution is 2.25.